The Kier molecular flexibility index (Phi) is 2.98. The first-order chi connectivity index (χ1) is 7.88. The smallest absolute Gasteiger partial charge is 0.284 e. The number of carbonyl (C=O) groups excluding carboxylic acids is 1. The number of Topliss-reactive ketones (excluding diaryl/α,β-unsaturated/α-hetero) is 1. The molecule has 0 atom stereocenters. The summed E-state index contributed by atoms with van der Waals surface area (Å²) in [5, 5.41) is 0. The monoisotopic (exact) mass is 242 g/mol. The third-order valence-corrected chi connectivity index (χ3v) is 3.20. The number of alkyl halides is 3. The van der Waals surface area contributed by atoms with E-state index < -0.39 is 12.0 Å². The van der Waals surface area contributed by atoms with Crippen molar-refractivity contribution in [3.05, 3.63) is 34.9 Å². The van der Waals surface area contributed by atoms with E-state index >= 15 is 0 Å². The van der Waals surface area contributed by atoms with Crippen LogP contribution in [0.1, 0.15) is 46.7 Å². The molecule has 0 N–H and O–H groups in total. The maximum Gasteiger partial charge on any atom is 0.454 e. The Hall–Kier alpha value is -1.32. The lowest BCUT2D eigenvalue weighted by Crippen LogP contribution is -2.23. The molecule has 4 heteroatoms. The predicted molar refractivity (Wildman–Crippen MR) is 58.2 cm³/mol. The number of hydrogen-bond donors (Lipinski definition) is 0. The first-order valence-electron chi connectivity index (χ1n) is 5.61. The number of rotatable bonds is 2. The molecule has 0 spiro atoms. The minimum absolute atomic E-state index is 0.237. The van der Waals surface area contributed by atoms with Crippen molar-refractivity contribution in [1.29, 1.82) is 0 Å². The average molecular weight is 242 g/mol. The standard InChI is InChI=1S/C13H13F3O/c1-8-5-10(9-3-2-4-9)7-11(6-8)12(17)13(14,15)16/h5-7,9H,2-4H2,1H3. The quantitative estimate of drug-likeness (QED) is 0.716. The van der Waals surface area contributed by atoms with Crippen molar-refractivity contribution in [3.63, 3.8) is 0 Å². The molecule has 1 aromatic carbocycles. The molecule has 0 amide bonds. The highest BCUT2D eigenvalue weighted by Gasteiger charge is 2.39. The number of benzene rings is 1. The zero-order chi connectivity index (χ0) is 12.6. The third kappa shape index (κ3) is 2.51. The highest BCUT2D eigenvalue weighted by molar-refractivity contribution is 6.00. The Morgan fingerprint density at radius 2 is 1.88 bits per heavy atom. The summed E-state index contributed by atoms with van der Waals surface area (Å²) in [6, 6.07) is 4.57. The highest BCUT2D eigenvalue weighted by atomic mass is 19.4. The van der Waals surface area contributed by atoms with Crippen molar-refractivity contribution in [2.45, 2.75) is 38.3 Å². The molecule has 1 aliphatic carbocycles. The summed E-state index contributed by atoms with van der Waals surface area (Å²) in [6.07, 6.45) is -1.67. The number of aryl methyl sites for hydroxylation is 1. The van der Waals surface area contributed by atoms with Gasteiger partial charge in [-0.05, 0) is 43.4 Å². The van der Waals surface area contributed by atoms with Gasteiger partial charge < -0.3 is 0 Å². The summed E-state index contributed by atoms with van der Waals surface area (Å²) in [4.78, 5) is 11.2. The van der Waals surface area contributed by atoms with Crippen LogP contribution < -0.4 is 0 Å². The molecule has 0 aromatic heterocycles. The average Bonchev–Trinajstić information content (AvgIpc) is 2.11. The lowest BCUT2D eigenvalue weighted by Gasteiger charge is -2.26. The van der Waals surface area contributed by atoms with Crippen molar-refractivity contribution in [2.75, 3.05) is 0 Å². The van der Waals surface area contributed by atoms with E-state index in [1.807, 2.05) is 6.07 Å². The van der Waals surface area contributed by atoms with Gasteiger partial charge in [-0.3, -0.25) is 4.79 Å². The van der Waals surface area contributed by atoms with Gasteiger partial charge in [0.25, 0.3) is 5.78 Å². The number of ketones is 1. The Labute approximate surface area is 97.6 Å². The van der Waals surface area contributed by atoms with Crippen LogP contribution in [-0.4, -0.2) is 12.0 Å². The Morgan fingerprint density at radius 1 is 1.24 bits per heavy atom. The Bertz CT molecular complexity index is 444. The molecule has 17 heavy (non-hydrogen) atoms. The SMILES string of the molecule is Cc1cc(C(=O)C(F)(F)F)cc(C2CCC2)c1. The van der Waals surface area contributed by atoms with Crippen LogP contribution in [0.3, 0.4) is 0 Å². The van der Waals surface area contributed by atoms with Crippen molar-refractivity contribution in [3.8, 4) is 0 Å². The van der Waals surface area contributed by atoms with Crippen LogP contribution in [0, 0.1) is 6.92 Å². The van der Waals surface area contributed by atoms with Crippen LogP contribution >= 0.6 is 0 Å². The third-order valence-electron chi connectivity index (χ3n) is 3.20. The van der Waals surface area contributed by atoms with Crippen LogP contribution in [0.2, 0.25) is 0 Å². The molecule has 1 aromatic rings. The summed E-state index contributed by atoms with van der Waals surface area (Å²) in [7, 11) is 0. The van der Waals surface area contributed by atoms with Crippen LogP contribution in [-0.2, 0) is 0 Å². The Morgan fingerprint density at radius 3 is 2.35 bits per heavy atom. The van der Waals surface area contributed by atoms with Gasteiger partial charge >= 0.3 is 6.18 Å². The molecule has 0 unspecified atom stereocenters. The molecule has 1 nitrogen and oxygen atoms in total. The van der Waals surface area contributed by atoms with Crippen molar-refractivity contribution >= 4 is 5.78 Å². The lowest BCUT2D eigenvalue weighted by atomic mass is 9.79. The van der Waals surface area contributed by atoms with Gasteiger partial charge in [0.1, 0.15) is 0 Å². The predicted octanol–water partition coefficient (Wildman–Crippen LogP) is 4.01. The van der Waals surface area contributed by atoms with Crippen molar-refractivity contribution < 1.29 is 18.0 Å². The fraction of sp³-hybridized carbons (Fsp3) is 0.462. The van der Waals surface area contributed by atoms with E-state index in [9.17, 15) is 18.0 Å². The molecule has 0 heterocycles. The van der Waals surface area contributed by atoms with Crippen LogP contribution in [0.25, 0.3) is 0 Å². The van der Waals surface area contributed by atoms with Crippen molar-refractivity contribution in [2.24, 2.45) is 0 Å². The van der Waals surface area contributed by atoms with Crippen molar-refractivity contribution in [1.82, 2.24) is 0 Å². The van der Waals surface area contributed by atoms with E-state index in [-0.39, 0.29) is 5.56 Å². The number of hydrogen-bond acceptors (Lipinski definition) is 1. The minimum Gasteiger partial charge on any atom is -0.284 e. The minimum atomic E-state index is -4.79. The van der Waals surface area contributed by atoms with Gasteiger partial charge in [-0.2, -0.15) is 13.2 Å². The largest absolute Gasteiger partial charge is 0.454 e. The van der Waals surface area contributed by atoms with E-state index in [1.165, 1.54) is 12.1 Å². The maximum absolute atomic E-state index is 12.3. The summed E-state index contributed by atoms with van der Waals surface area (Å²) < 4.78 is 37.0. The summed E-state index contributed by atoms with van der Waals surface area (Å²) >= 11 is 0. The van der Waals surface area contributed by atoms with Gasteiger partial charge in [0, 0.05) is 5.56 Å². The van der Waals surface area contributed by atoms with E-state index in [2.05, 4.69) is 0 Å². The number of carbonyl (C=O) groups is 1. The first kappa shape index (κ1) is 12.1. The molecular formula is C13H13F3O. The fourth-order valence-corrected chi connectivity index (χ4v) is 2.08. The number of halogens is 3. The van der Waals surface area contributed by atoms with Gasteiger partial charge in [0.05, 0.1) is 0 Å². The molecule has 1 saturated carbocycles. The zero-order valence-corrected chi connectivity index (χ0v) is 9.47. The zero-order valence-electron chi connectivity index (χ0n) is 9.47. The van der Waals surface area contributed by atoms with E-state index in [1.54, 1.807) is 6.92 Å². The van der Waals surface area contributed by atoms with E-state index in [0.29, 0.717) is 11.5 Å². The molecule has 92 valence electrons. The normalized spacial score (nSPS) is 16.7. The van der Waals surface area contributed by atoms with Gasteiger partial charge in [0.2, 0.25) is 0 Å². The molecule has 1 aliphatic rings. The topological polar surface area (TPSA) is 17.1 Å². The molecule has 0 bridgehead atoms. The summed E-state index contributed by atoms with van der Waals surface area (Å²) in [6.45, 7) is 1.72. The lowest BCUT2D eigenvalue weighted by molar-refractivity contribution is -0.0885. The van der Waals surface area contributed by atoms with E-state index in [4.69, 9.17) is 0 Å². The van der Waals surface area contributed by atoms with Gasteiger partial charge in [-0.25, -0.2) is 0 Å². The molecule has 0 saturated heterocycles. The molecular weight excluding hydrogens is 229 g/mol. The van der Waals surface area contributed by atoms with Crippen LogP contribution in [0.15, 0.2) is 18.2 Å². The second-order valence-corrected chi connectivity index (χ2v) is 4.59. The second-order valence-electron chi connectivity index (χ2n) is 4.59. The summed E-state index contributed by atoms with van der Waals surface area (Å²) in [5.41, 5.74) is 1.34. The second kappa shape index (κ2) is 4.17. The maximum atomic E-state index is 12.3. The molecule has 2 rings (SSSR count). The summed E-state index contributed by atoms with van der Waals surface area (Å²) in [5.74, 6) is -1.42. The fourth-order valence-electron chi connectivity index (χ4n) is 2.08. The highest BCUT2D eigenvalue weighted by Crippen LogP contribution is 2.37. The van der Waals surface area contributed by atoms with E-state index in [0.717, 1.165) is 24.8 Å². The molecule has 0 aliphatic heterocycles. The molecule has 1 fully saturated rings. The van der Waals surface area contributed by atoms with Crippen LogP contribution in [0.4, 0.5) is 13.2 Å². The van der Waals surface area contributed by atoms with Gasteiger partial charge in [-0.15, -0.1) is 0 Å². The van der Waals surface area contributed by atoms with Gasteiger partial charge in [0.15, 0.2) is 0 Å². The molecule has 0 radical (unpaired) electrons. The Balaban J connectivity index is 2.34. The van der Waals surface area contributed by atoms with Gasteiger partial charge in [-0.1, -0.05) is 18.1 Å². The first-order valence-corrected chi connectivity index (χ1v) is 5.61. The van der Waals surface area contributed by atoms with Crippen LogP contribution in [0.5, 0.6) is 0 Å².